The second-order valence-corrected chi connectivity index (χ2v) is 28.4. The van der Waals surface area contributed by atoms with Crippen LogP contribution in [0.2, 0.25) is 0 Å². The zero-order valence-electron chi connectivity index (χ0n) is 44.7. The third kappa shape index (κ3) is 12.3. The van der Waals surface area contributed by atoms with Gasteiger partial charge in [-0.2, -0.15) is 11.6 Å². The van der Waals surface area contributed by atoms with E-state index in [4.69, 9.17) is 69.6 Å². The third-order valence-electron chi connectivity index (χ3n) is 13.8. The molecule has 0 unspecified atom stereocenters. The first-order valence-electron chi connectivity index (χ1n) is 25.2. The molecule has 0 atom stereocenters. The number of rotatable bonds is 2. The van der Waals surface area contributed by atoms with Crippen molar-refractivity contribution < 1.29 is 4.48 Å². The standard InChI is InChI=1S/C63H61BN2S.2CHCl3/c1-60(2,3)48-33-45(34-49(40-48)61(4,5)6)44-27-28-55-52(37-44)53-38-47(46-35-50(62(7,8)9)41-51(36-46)63(10,11)12)39-54-58(53)65(55)64(31-29-42-21-15-13-16-22-42,32-30-43-23-17-14-18-24-43)66-56-25-19-20-26-57(56)67-59(54)66;2*2-1(3)4/h13-28,33-41H,1-12H3;2*1H. The summed E-state index contributed by atoms with van der Waals surface area (Å²) in [6.45, 7) is 27.9. The molecule has 2 aromatic heterocycles. The number of thiazole rings is 1. The van der Waals surface area contributed by atoms with E-state index < -0.39 is 15.0 Å². The van der Waals surface area contributed by atoms with Crippen molar-refractivity contribution in [2.24, 2.45) is 0 Å². The second kappa shape index (κ2) is 21.9. The summed E-state index contributed by atoms with van der Waals surface area (Å²) in [6, 6.07) is 56.3. The summed E-state index contributed by atoms with van der Waals surface area (Å²) < 4.78 is 4.77. The van der Waals surface area contributed by atoms with Crippen molar-refractivity contribution >= 4 is 119 Å². The van der Waals surface area contributed by atoms with Crippen LogP contribution in [0, 0.1) is 23.5 Å². The Labute approximate surface area is 479 Å². The Morgan fingerprint density at radius 2 is 0.853 bits per heavy atom. The molecule has 0 fully saturated rings. The van der Waals surface area contributed by atoms with Crippen LogP contribution in [0.3, 0.4) is 0 Å². The van der Waals surface area contributed by atoms with E-state index in [1.54, 1.807) is 0 Å². The summed E-state index contributed by atoms with van der Waals surface area (Å²) in [6.07, 6.45) is -2.18. The quantitative estimate of drug-likeness (QED) is 0.0927. The topological polar surface area (TPSA) is 8.81 Å². The Balaban J connectivity index is 0.000000873. The van der Waals surface area contributed by atoms with Crippen LogP contribution in [0.1, 0.15) is 116 Å². The Bertz CT molecular complexity index is 3560. The molecule has 0 spiro atoms. The van der Waals surface area contributed by atoms with Crippen molar-refractivity contribution in [2.75, 3.05) is 0 Å². The molecule has 0 N–H and O–H groups in total. The molecule has 0 radical (unpaired) electrons. The molecule has 384 valence electrons. The van der Waals surface area contributed by atoms with Gasteiger partial charge in [-0.05, 0) is 121 Å². The van der Waals surface area contributed by atoms with Crippen LogP contribution in [0.15, 0.2) is 152 Å². The third-order valence-corrected chi connectivity index (χ3v) is 15.0. The molecule has 1 aliphatic heterocycles. The Morgan fingerprint density at radius 1 is 0.453 bits per heavy atom. The van der Waals surface area contributed by atoms with Gasteiger partial charge in [0.2, 0.25) is 5.01 Å². The van der Waals surface area contributed by atoms with Crippen molar-refractivity contribution in [1.82, 2.24) is 4.48 Å². The van der Waals surface area contributed by atoms with E-state index in [-0.39, 0.29) is 21.7 Å². The van der Waals surface area contributed by atoms with Crippen molar-refractivity contribution in [2.45, 2.75) is 113 Å². The minimum absolute atomic E-state index is 0.0133. The maximum absolute atomic E-state index is 4.81. The molecule has 75 heavy (non-hydrogen) atoms. The molecule has 0 amide bonds. The number of benzene rings is 7. The summed E-state index contributed by atoms with van der Waals surface area (Å²) in [4.78, 5) is 0. The normalized spacial score (nSPS) is 13.1. The highest BCUT2D eigenvalue weighted by Gasteiger charge is 2.48. The molecule has 0 saturated heterocycles. The van der Waals surface area contributed by atoms with Crippen LogP contribution in [0.5, 0.6) is 0 Å². The summed E-state index contributed by atoms with van der Waals surface area (Å²) in [5, 5.41) is 3.58. The van der Waals surface area contributed by atoms with Gasteiger partial charge in [-0.25, -0.2) is 0 Å². The van der Waals surface area contributed by atoms with Crippen LogP contribution < -0.4 is 4.48 Å². The van der Waals surface area contributed by atoms with Gasteiger partial charge in [-0.15, -0.1) is 11.8 Å². The lowest BCUT2D eigenvalue weighted by molar-refractivity contribution is -0.497. The predicted octanol–water partition coefficient (Wildman–Crippen LogP) is 19.8. The van der Waals surface area contributed by atoms with Crippen molar-refractivity contribution in [3.8, 4) is 56.3 Å². The fourth-order valence-electron chi connectivity index (χ4n) is 9.78. The van der Waals surface area contributed by atoms with Crippen LogP contribution in [-0.2, 0) is 21.7 Å². The van der Waals surface area contributed by atoms with Gasteiger partial charge in [0.15, 0.2) is 14.1 Å². The average molecular weight is 1130 g/mol. The number of para-hydroxylation sites is 1. The van der Waals surface area contributed by atoms with E-state index in [1.165, 1.54) is 76.1 Å². The van der Waals surface area contributed by atoms with Crippen LogP contribution >= 0.6 is 80.9 Å². The average Bonchev–Trinajstić information content (AvgIpc) is 3.91. The van der Waals surface area contributed by atoms with Crippen LogP contribution in [-0.4, -0.2) is 19.5 Å². The van der Waals surface area contributed by atoms with Gasteiger partial charge in [0.25, 0.3) is 0 Å². The first kappa shape index (κ1) is 56.4. The lowest BCUT2D eigenvalue weighted by atomic mass is 9.45. The molecule has 10 heteroatoms. The van der Waals surface area contributed by atoms with Gasteiger partial charge < -0.3 is 8.96 Å². The molecule has 0 saturated carbocycles. The van der Waals surface area contributed by atoms with E-state index in [1.807, 2.05) is 11.3 Å². The molecule has 3 heterocycles. The SMILES string of the molecule is CC(C)(C)c1cc(-c2ccc3c(c2)c2cc(-c4cc(C(C)(C)C)cc(C(C)(C)C)c4)cc4c2n3[B-](C#Cc2ccccc2)(C#Cc2ccccc2)[n+]2c-4sc3ccccc32)cc(C(C)(C)C)c1.ClC(Cl)Cl.ClC(Cl)Cl. The molecule has 10 rings (SSSR count). The summed E-state index contributed by atoms with van der Waals surface area (Å²) in [5.74, 6) is 15.4. The lowest BCUT2D eigenvalue weighted by Gasteiger charge is -2.33. The van der Waals surface area contributed by atoms with Gasteiger partial charge in [-0.3, -0.25) is 0 Å². The van der Waals surface area contributed by atoms with Crippen LogP contribution in [0.4, 0.5) is 0 Å². The van der Waals surface area contributed by atoms with E-state index in [0.717, 1.165) is 22.2 Å². The summed E-state index contributed by atoms with van der Waals surface area (Å²) in [7, 11) is 0. The number of hydrogen-bond donors (Lipinski definition) is 0. The first-order chi connectivity index (χ1) is 35.2. The highest BCUT2D eigenvalue weighted by Crippen LogP contribution is 2.47. The van der Waals surface area contributed by atoms with Gasteiger partial charge in [-0.1, -0.05) is 255 Å². The minimum atomic E-state index is -2.18. The summed E-state index contributed by atoms with van der Waals surface area (Å²) in [5.41, 5.74) is 16.7. The molecule has 2 nitrogen and oxygen atoms in total. The zero-order valence-corrected chi connectivity index (χ0v) is 50.1. The number of alkyl halides is 6. The van der Waals surface area contributed by atoms with Crippen LogP contribution in [0.25, 0.3) is 64.8 Å². The smallest absolute Gasteiger partial charge is 0.431 e. The van der Waals surface area contributed by atoms with Gasteiger partial charge in [0.05, 0.1) is 10.3 Å². The molecule has 1 aliphatic rings. The van der Waals surface area contributed by atoms with E-state index in [0.29, 0.717) is 0 Å². The number of aromatic nitrogens is 2. The monoisotopic (exact) mass is 1120 g/mol. The van der Waals surface area contributed by atoms with Gasteiger partial charge >= 0.3 is 6.42 Å². The zero-order chi connectivity index (χ0) is 54.4. The van der Waals surface area contributed by atoms with E-state index >= 15 is 0 Å². The maximum Gasteiger partial charge on any atom is 0.522 e. The molecule has 0 bridgehead atoms. The Hall–Kier alpha value is -4.85. The maximum atomic E-state index is 4.81. The predicted molar refractivity (Wildman–Crippen MR) is 332 cm³/mol. The number of halogens is 6. The van der Waals surface area contributed by atoms with Crippen molar-refractivity contribution in [3.05, 3.63) is 185 Å². The Kier molecular flexibility index (Phi) is 16.4. The number of hydrogen-bond acceptors (Lipinski definition) is 1. The lowest BCUT2D eigenvalue weighted by Crippen LogP contribution is -2.70. The number of nitrogens with zero attached hydrogens (tertiary/aromatic N) is 2. The molecule has 9 aromatic rings. The van der Waals surface area contributed by atoms with Gasteiger partial charge in [0, 0.05) is 39.0 Å². The second-order valence-electron chi connectivity index (χ2n) is 23.4. The molecule has 7 aromatic carbocycles. The Morgan fingerprint density at radius 3 is 1.31 bits per heavy atom. The van der Waals surface area contributed by atoms with E-state index in [9.17, 15) is 0 Å². The number of fused-ring (bicyclic) bond motifs is 7. The van der Waals surface area contributed by atoms with Crippen molar-refractivity contribution in [3.63, 3.8) is 0 Å². The largest absolute Gasteiger partial charge is 0.522 e. The highest BCUT2D eigenvalue weighted by molar-refractivity contribution is 7.21. The summed E-state index contributed by atoms with van der Waals surface area (Å²) >= 11 is 30.7. The molecular formula is C65H63BCl6N2S. The minimum Gasteiger partial charge on any atom is -0.431 e. The molecule has 0 aliphatic carbocycles. The highest BCUT2D eigenvalue weighted by atomic mass is 35.6. The van der Waals surface area contributed by atoms with Gasteiger partial charge in [0.1, 0.15) is 0 Å². The van der Waals surface area contributed by atoms with E-state index in [2.05, 4.69) is 267 Å². The fraction of sp³-hybridized carbons (Fsp3) is 0.277. The van der Waals surface area contributed by atoms with Crippen molar-refractivity contribution in [1.29, 1.82) is 0 Å². The fourth-order valence-corrected chi connectivity index (χ4v) is 11.0. The molecular weight excluding hydrogens is 1060 g/mol. The first-order valence-corrected chi connectivity index (χ1v) is 28.6.